The number of imide groups is 2. The van der Waals surface area contributed by atoms with Crippen LogP contribution >= 0.6 is 11.8 Å². The first kappa shape index (κ1) is 30.4. The zero-order chi connectivity index (χ0) is 33.1. The van der Waals surface area contributed by atoms with Crippen LogP contribution in [0.2, 0.25) is 0 Å². The van der Waals surface area contributed by atoms with E-state index in [2.05, 4.69) is 10.6 Å². The van der Waals surface area contributed by atoms with E-state index in [-0.39, 0.29) is 20.6 Å². The lowest BCUT2D eigenvalue weighted by molar-refractivity contribution is 0.0863. The molecule has 4 aromatic carbocycles. The van der Waals surface area contributed by atoms with E-state index in [1.54, 1.807) is 24.1 Å². The van der Waals surface area contributed by atoms with Gasteiger partial charge in [-0.25, -0.2) is 0 Å². The van der Waals surface area contributed by atoms with Crippen molar-refractivity contribution < 1.29 is 26.2 Å². The van der Waals surface area contributed by atoms with E-state index in [0.29, 0.717) is 38.3 Å². The quantitative estimate of drug-likeness (QED) is 0.166. The first-order valence-electron chi connectivity index (χ1n) is 14.6. The minimum absolute atomic E-state index is 0. The zero-order valence-electron chi connectivity index (χ0n) is 25.8. The highest BCUT2D eigenvalue weighted by atomic mass is 32.2. The highest BCUT2D eigenvalue weighted by Crippen LogP contribution is 2.40. The number of nitrogens with zero attached hydrogens (tertiary/aromatic N) is 2. The van der Waals surface area contributed by atoms with Crippen LogP contribution < -0.4 is 10.6 Å². The van der Waals surface area contributed by atoms with Gasteiger partial charge in [-0.15, -0.1) is 11.8 Å². The summed E-state index contributed by atoms with van der Waals surface area (Å²) >= 11 is 1.63. The average Bonchev–Trinajstić information content (AvgIpc) is 3.80. The zero-order valence-corrected chi connectivity index (χ0v) is 27.5. The molecule has 0 radical (unpaired) electrons. The fraction of sp³-hybridized carbons (Fsp3) is 0.111. The highest BCUT2D eigenvalue weighted by Gasteiger charge is 2.34. The Kier molecular flexibility index (Phi) is 7.45. The number of fused-ring (bicyclic) bond motifs is 6. The van der Waals surface area contributed by atoms with Gasteiger partial charge in [0.2, 0.25) is 0 Å². The molecule has 2 aromatic heterocycles. The molecule has 47 heavy (non-hydrogen) atoms. The lowest BCUT2D eigenvalue weighted by Gasteiger charge is -2.12. The van der Waals surface area contributed by atoms with Gasteiger partial charge in [-0.2, -0.15) is 0 Å². The molecule has 8 rings (SSSR count). The van der Waals surface area contributed by atoms with Gasteiger partial charge in [0.25, 0.3) is 23.6 Å². The predicted molar refractivity (Wildman–Crippen MR) is 189 cm³/mol. The molecule has 4 heterocycles. The Morgan fingerprint density at radius 3 is 1.57 bits per heavy atom. The van der Waals surface area contributed by atoms with Gasteiger partial charge in [0, 0.05) is 67.2 Å². The van der Waals surface area contributed by atoms with Crippen LogP contribution in [0.3, 0.4) is 0 Å². The molecule has 0 bridgehead atoms. The summed E-state index contributed by atoms with van der Waals surface area (Å²) in [5.74, 6) is -1.43. The number of aromatic nitrogens is 2. The van der Waals surface area contributed by atoms with Crippen LogP contribution in [0, 0.1) is 0 Å². The minimum atomic E-state index is -1.21. The van der Waals surface area contributed by atoms with E-state index in [4.69, 9.17) is 0 Å². The summed E-state index contributed by atoms with van der Waals surface area (Å²) in [6.45, 7) is 0. The lowest BCUT2D eigenvalue weighted by Crippen LogP contribution is -2.20. The monoisotopic (exact) mass is 664 g/mol. The van der Waals surface area contributed by atoms with Crippen molar-refractivity contribution in [3.8, 4) is 22.3 Å². The van der Waals surface area contributed by atoms with Gasteiger partial charge in [-0.1, -0.05) is 36.4 Å². The number of carbonyl (C=O) groups excluding carboxylic acids is 4. The second kappa shape index (κ2) is 11.5. The van der Waals surface area contributed by atoms with Crippen molar-refractivity contribution in [2.75, 3.05) is 12.5 Å². The van der Waals surface area contributed by atoms with E-state index in [1.807, 2.05) is 109 Å². The lowest BCUT2D eigenvalue weighted by atomic mass is 9.94. The van der Waals surface area contributed by atoms with Gasteiger partial charge in [0.05, 0.1) is 33.1 Å². The SMILES string of the molecule is CSc1ccccc1-c1cc2c(ccn2C)c2c1C(=O)NC2=O.Cn1ccc2c3c(c(-c4ccccc4S(C)=O)cc21)C(=O)NC3=O.[HH].[HH]. The van der Waals surface area contributed by atoms with Crippen LogP contribution in [0.4, 0.5) is 0 Å². The molecular formula is C36H32N4O5S2. The molecular weight excluding hydrogens is 633 g/mol. The number of thioether (sulfide) groups is 1. The third-order valence-corrected chi connectivity index (χ3v) is 10.4. The largest absolute Gasteiger partial charge is 0.351 e. The van der Waals surface area contributed by atoms with Gasteiger partial charge in [0.1, 0.15) is 0 Å². The number of carbonyl (C=O) groups is 4. The van der Waals surface area contributed by atoms with Crippen molar-refractivity contribution in [2.45, 2.75) is 9.79 Å². The van der Waals surface area contributed by atoms with Gasteiger partial charge in [0.15, 0.2) is 0 Å². The molecule has 2 aliphatic rings. The van der Waals surface area contributed by atoms with Crippen LogP contribution in [0.25, 0.3) is 44.1 Å². The number of hydrogen-bond acceptors (Lipinski definition) is 6. The summed E-state index contributed by atoms with van der Waals surface area (Å²) in [6.07, 6.45) is 7.37. The Morgan fingerprint density at radius 2 is 1.06 bits per heavy atom. The van der Waals surface area contributed by atoms with E-state index in [1.165, 1.54) is 0 Å². The van der Waals surface area contributed by atoms with Crippen LogP contribution in [0.5, 0.6) is 0 Å². The van der Waals surface area contributed by atoms with Gasteiger partial charge < -0.3 is 9.13 Å². The predicted octanol–water partition coefficient (Wildman–Crippen LogP) is 6.41. The minimum Gasteiger partial charge on any atom is -0.351 e. The van der Waals surface area contributed by atoms with E-state index < -0.39 is 16.7 Å². The third-order valence-electron chi connectivity index (χ3n) is 8.63. The Labute approximate surface area is 279 Å². The maximum atomic E-state index is 12.4. The van der Waals surface area contributed by atoms with Crippen LogP contribution in [-0.2, 0) is 24.9 Å². The van der Waals surface area contributed by atoms with E-state index in [0.717, 1.165) is 37.8 Å². The summed E-state index contributed by atoms with van der Waals surface area (Å²) in [6, 6.07) is 22.8. The average molecular weight is 665 g/mol. The number of nitrogens with one attached hydrogen (secondary N) is 2. The number of benzene rings is 4. The maximum Gasteiger partial charge on any atom is 0.259 e. The molecule has 6 aromatic rings. The van der Waals surface area contributed by atoms with Crippen LogP contribution in [0.15, 0.2) is 95.0 Å². The molecule has 2 aliphatic heterocycles. The van der Waals surface area contributed by atoms with Crippen molar-refractivity contribution in [2.24, 2.45) is 14.1 Å². The first-order chi connectivity index (χ1) is 22.6. The number of hydrogen-bond donors (Lipinski definition) is 2. The van der Waals surface area contributed by atoms with Gasteiger partial charge >= 0.3 is 0 Å². The first-order valence-corrected chi connectivity index (χ1v) is 17.4. The molecule has 0 saturated carbocycles. The normalized spacial score (nSPS) is 14.1. The standard InChI is InChI=1S/C18H14N2O3S.C18H14N2O2S.2H2/c1-20-8-7-11-13(20)9-12(16-15(11)17(21)19-18(16)22)10-5-3-4-6-14(10)24(2)23;1-20-8-7-11-13(20)9-12(10-5-3-4-6-14(10)23-2)16-15(11)17(21)19-18(16)22;;/h3-9H,1-2H3,(H,19,21,22);3-9H,1-2H3,(H,19,21,22);2*1H. The Balaban J connectivity index is 0.000000184. The molecule has 0 spiro atoms. The fourth-order valence-corrected chi connectivity index (χ4v) is 7.82. The fourth-order valence-electron chi connectivity index (χ4n) is 6.45. The van der Waals surface area contributed by atoms with Gasteiger partial charge in [-0.3, -0.25) is 34.0 Å². The molecule has 9 nitrogen and oxygen atoms in total. The number of amides is 4. The summed E-state index contributed by atoms with van der Waals surface area (Å²) in [7, 11) is 2.61. The molecule has 1 atom stereocenters. The molecule has 2 N–H and O–H groups in total. The maximum absolute atomic E-state index is 12.4. The number of rotatable bonds is 4. The molecule has 238 valence electrons. The summed E-state index contributed by atoms with van der Waals surface area (Å²) in [5, 5.41) is 6.38. The van der Waals surface area contributed by atoms with E-state index >= 15 is 0 Å². The molecule has 0 aliphatic carbocycles. The Morgan fingerprint density at radius 1 is 0.617 bits per heavy atom. The molecule has 11 heteroatoms. The van der Waals surface area contributed by atoms with Crippen molar-refractivity contribution in [1.82, 2.24) is 19.8 Å². The molecule has 4 amide bonds. The molecule has 0 saturated heterocycles. The smallest absolute Gasteiger partial charge is 0.259 e. The molecule has 1 unspecified atom stereocenters. The Hall–Kier alpha value is -5.26. The van der Waals surface area contributed by atoms with Gasteiger partial charge in [-0.05, 0) is 64.9 Å². The second-order valence-corrected chi connectivity index (χ2v) is 13.5. The topological polar surface area (TPSA) is 119 Å². The van der Waals surface area contributed by atoms with Crippen molar-refractivity contribution in [1.29, 1.82) is 0 Å². The molecule has 0 fully saturated rings. The van der Waals surface area contributed by atoms with Crippen LogP contribution in [0.1, 0.15) is 44.3 Å². The second-order valence-electron chi connectivity index (χ2n) is 11.3. The third kappa shape index (κ3) is 4.81. The Bertz CT molecular complexity index is 2400. The summed E-state index contributed by atoms with van der Waals surface area (Å²) in [5.41, 5.74) is 6.64. The summed E-state index contributed by atoms with van der Waals surface area (Å²) in [4.78, 5) is 51.1. The van der Waals surface area contributed by atoms with Crippen molar-refractivity contribution in [3.63, 3.8) is 0 Å². The van der Waals surface area contributed by atoms with Crippen LogP contribution in [-0.4, -0.2) is 49.5 Å². The van der Waals surface area contributed by atoms with Crippen molar-refractivity contribution in [3.05, 3.63) is 107 Å². The highest BCUT2D eigenvalue weighted by molar-refractivity contribution is 7.98. The number of aryl methyl sites for hydroxylation is 2. The summed E-state index contributed by atoms with van der Waals surface area (Å²) < 4.78 is 16.0. The van der Waals surface area contributed by atoms with E-state index in [9.17, 15) is 23.4 Å². The van der Waals surface area contributed by atoms with Crippen molar-refractivity contribution >= 4 is 68.0 Å².